The second kappa shape index (κ2) is 9.20. The quantitative estimate of drug-likeness (QED) is 0.413. The van der Waals surface area contributed by atoms with Crippen molar-refractivity contribution in [1.29, 1.82) is 0 Å². The largest absolute Gasteiger partial charge is 0.497 e. The lowest BCUT2D eigenvalue weighted by molar-refractivity contribution is 0.0918. The molecule has 7 nitrogen and oxygen atoms in total. The highest BCUT2D eigenvalue weighted by molar-refractivity contribution is 7.20. The van der Waals surface area contributed by atoms with E-state index in [1.165, 1.54) is 18.4 Å². The van der Waals surface area contributed by atoms with Gasteiger partial charge >= 0.3 is 0 Å². The Bertz CT molecular complexity index is 1280. The van der Waals surface area contributed by atoms with E-state index < -0.39 is 6.10 Å². The molecule has 0 saturated heterocycles. The Kier molecular flexibility index (Phi) is 6.36. The molecule has 0 aliphatic heterocycles. The van der Waals surface area contributed by atoms with E-state index in [1.54, 1.807) is 36.1 Å². The van der Waals surface area contributed by atoms with E-state index in [4.69, 9.17) is 21.1 Å². The number of aliphatic hydroxyl groups is 1. The van der Waals surface area contributed by atoms with Crippen molar-refractivity contribution in [2.75, 3.05) is 20.8 Å². The number of amides is 1. The molecular weight excluding hydrogens is 450 g/mol. The minimum Gasteiger partial charge on any atom is -0.497 e. The molecule has 1 atom stereocenters. The maximum absolute atomic E-state index is 12.8. The summed E-state index contributed by atoms with van der Waals surface area (Å²) in [4.78, 5) is 14.2. The highest BCUT2D eigenvalue weighted by atomic mass is 35.5. The van der Waals surface area contributed by atoms with Crippen LogP contribution in [0, 0.1) is 6.92 Å². The van der Waals surface area contributed by atoms with Gasteiger partial charge in [-0.05, 0) is 43.3 Å². The molecule has 2 aromatic carbocycles. The van der Waals surface area contributed by atoms with Crippen LogP contribution >= 0.6 is 22.9 Å². The maximum Gasteiger partial charge on any atom is 0.261 e. The summed E-state index contributed by atoms with van der Waals surface area (Å²) in [5.74, 6) is 0.831. The second-order valence-corrected chi connectivity index (χ2v) is 8.55. The number of nitrogens with zero attached hydrogens (tertiary/aromatic N) is 2. The van der Waals surface area contributed by atoms with Gasteiger partial charge in [-0.2, -0.15) is 5.10 Å². The van der Waals surface area contributed by atoms with Crippen molar-refractivity contribution in [2.24, 2.45) is 0 Å². The van der Waals surface area contributed by atoms with Crippen LogP contribution in [0.5, 0.6) is 11.5 Å². The lowest BCUT2D eigenvalue weighted by Gasteiger charge is -2.16. The van der Waals surface area contributed by atoms with Crippen LogP contribution in [0.2, 0.25) is 5.02 Å². The SMILES string of the molecule is COc1ccc(OC)c(C(O)CNC(=O)c2cc3c(C)nn(-c4ccccc4Cl)c3s2)c1. The summed E-state index contributed by atoms with van der Waals surface area (Å²) in [6, 6.07) is 14.4. The number of thiophene rings is 1. The number of aliphatic hydroxyl groups excluding tert-OH is 1. The van der Waals surface area contributed by atoms with Gasteiger partial charge in [0.15, 0.2) is 0 Å². The number of benzene rings is 2. The topological polar surface area (TPSA) is 85.6 Å². The Labute approximate surface area is 194 Å². The molecule has 0 aliphatic rings. The first-order valence-corrected chi connectivity index (χ1v) is 11.0. The Morgan fingerprint density at radius 2 is 2.00 bits per heavy atom. The van der Waals surface area contributed by atoms with Crippen molar-refractivity contribution in [3.8, 4) is 17.2 Å². The zero-order valence-corrected chi connectivity index (χ0v) is 19.3. The summed E-state index contributed by atoms with van der Waals surface area (Å²) < 4.78 is 12.3. The first-order valence-electron chi connectivity index (χ1n) is 9.85. The molecular formula is C23H22ClN3O4S. The molecule has 166 valence electrons. The number of aromatic nitrogens is 2. The van der Waals surface area contributed by atoms with Crippen molar-refractivity contribution < 1.29 is 19.4 Å². The minimum absolute atomic E-state index is 0.0201. The fourth-order valence-electron chi connectivity index (χ4n) is 3.43. The molecule has 2 heterocycles. The zero-order chi connectivity index (χ0) is 22.8. The number of carbonyl (C=O) groups is 1. The number of rotatable bonds is 7. The van der Waals surface area contributed by atoms with E-state index in [-0.39, 0.29) is 12.5 Å². The normalized spacial score (nSPS) is 12.0. The van der Waals surface area contributed by atoms with Crippen LogP contribution < -0.4 is 14.8 Å². The third kappa shape index (κ3) is 4.17. The summed E-state index contributed by atoms with van der Waals surface area (Å²) in [6.45, 7) is 1.91. The Balaban J connectivity index is 1.55. The maximum atomic E-state index is 12.8. The number of hydrogen-bond acceptors (Lipinski definition) is 6. The van der Waals surface area contributed by atoms with Crippen LogP contribution in [0.1, 0.15) is 27.0 Å². The van der Waals surface area contributed by atoms with Gasteiger partial charge in [-0.25, -0.2) is 4.68 Å². The van der Waals surface area contributed by atoms with Gasteiger partial charge in [0.2, 0.25) is 0 Å². The number of nitrogens with one attached hydrogen (secondary N) is 1. The number of fused-ring (bicyclic) bond motifs is 1. The van der Waals surface area contributed by atoms with Crippen LogP contribution in [0.3, 0.4) is 0 Å². The van der Waals surface area contributed by atoms with Gasteiger partial charge < -0.3 is 19.9 Å². The van der Waals surface area contributed by atoms with Crippen LogP contribution in [0.25, 0.3) is 15.9 Å². The molecule has 1 unspecified atom stereocenters. The standard InChI is InChI=1S/C23H22ClN3O4S/c1-13-15-11-21(32-23(15)27(26-13)18-7-5-4-6-17(18)24)22(29)25-12-19(28)16-10-14(30-2)8-9-20(16)31-3/h4-11,19,28H,12H2,1-3H3,(H,25,29). The minimum atomic E-state index is -0.960. The van der Waals surface area contributed by atoms with Gasteiger partial charge in [0.05, 0.1) is 35.5 Å². The second-order valence-electron chi connectivity index (χ2n) is 7.11. The molecule has 2 N–H and O–H groups in total. The average Bonchev–Trinajstić information content (AvgIpc) is 3.38. The third-order valence-corrected chi connectivity index (χ3v) is 6.53. The molecule has 0 aliphatic carbocycles. The predicted molar refractivity (Wildman–Crippen MR) is 126 cm³/mol. The third-order valence-electron chi connectivity index (χ3n) is 5.10. The molecule has 9 heteroatoms. The Hall–Kier alpha value is -3.07. The first-order chi connectivity index (χ1) is 15.4. The number of methoxy groups -OCH3 is 2. The highest BCUT2D eigenvalue weighted by Crippen LogP contribution is 2.33. The van der Waals surface area contributed by atoms with E-state index in [0.29, 0.717) is 27.0 Å². The van der Waals surface area contributed by atoms with E-state index in [9.17, 15) is 9.90 Å². The predicted octanol–water partition coefficient (Wildman–Crippen LogP) is 4.53. The zero-order valence-electron chi connectivity index (χ0n) is 17.8. The molecule has 1 amide bonds. The molecule has 0 radical (unpaired) electrons. The van der Waals surface area contributed by atoms with Crippen molar-refractivity contribution in [3.63, 3.8) is 0 Å². The van der Waals surface area contributed by atoms with E-state index in [2.05, 4.69) is 10.4 Å². The first kappa shape index (κ1) is 22.1. The number of halogens is 1. The highest BCUT2D eigenvalue weighted by Gasteiger charge is 2.20. The number of ether oxygens (including phenoxy) is 2. The lowest BCUT2D eigenvalue weighted by Crippen LogP contribution is -2.28. The molecule has 4 rings (SSSR count). The van der Waals surface area contributed by atoms with Crippen LogP contribution in [0.4, 0.5) is 0 Å². The smallest absolute Gasteiger partial charge is 0.261 e. The fraction of sp³-hybridized carbons (Fsp3) is 0.217. The Morgan fingerprint density at radius 3 is 2.72 bits per heavy atom. The van der Waals surface area contributed by atoms with Gasteiger partial charge in [0, 0.05) is 17.5 Å². The molecule has 0 spiro atoms. The van der Waals surface area contributed by atoms with Crippen molar-refractivity contribution >= 4 is 39.1 Å². The summed E-state index contributed by atoms with van der Waals surface area (Å²) in [5.41, 5.74) is 2.09. The average molecular weight is 472 g/mol. The molecule has 2 aromatic heterocycles. The van der Waals surface area contributed by atoms with Gasteiger partial charge in [0.25, 0.3) is 5.91 Å². The molecule has 32 heavy (non-hydrogen) atoms. The van der Waals surface area contributed by atoms with Gasteiger partial charge in [-0.1, -0.05) is 23.7 Å². The molecule has 4 aromatic rings. The van der Waals surface area contributed by atoms with Crippen LogP contribution in [0.15, 0.2) is 48.5 Å². The summed E-state index contributed by atoms with van der Waals surface area (Å²) in [7, 11) is 3.07. The van der Waals surface area contributed by atoms with Crippen molar-refractivity contribution in [3.05, 3.63) is 69.7 Å². The molecule has 0 saturated carbocycles. The molecule has 0 fully saturated rings. The van der Waals surface area contributed by atoms with Gasteiger partial charge in [-0.15, -0.1) is 11.3 Å². The lowest BCUT2D eigenvalue weighted by atomic mass is 10.1. The summed E-state index contributed by atoms with van der Waals surface area (Å²) >= 11 is 7.67. The number of carbonyl (C=O) groups excluding carboxylic acids is 1. The van der Waals surface area contributed by atoms with E-state index in [1.807, 2.05) is 31.2 Å². The van der Waals surface area contributed by atoms with Crippen LogP contribution in [-0.4, -0.2) is 41.6 Å². The number of hydrogen-bond donors (Lipinski definition) is 2. The van der Waals surface area contributed by atoms with Gasteiger partial charge in [0.1, 0.15) is 22.4 Å². The fourth-order valence-corrected chi connectivity index (χ4v) is 4.74. The van der Waals surface area contributed by atoms with Crippen molar-refractivity contribution in [1.82, 2.24) is 15.1 Å². The Morgan fingerprint density at radius 1 is 1.22 bits per heavy atom. The molecule has 0 bridgehead atoms. The van der Waals surface area contributed by atoms with Gasteiger partial charge in [-0.3, -0.25) is 4.79 Å². The number of para-hydroxylation sites is 1. The number of aryl methyl sites for hydroxylation is 1. The van der Waals surface area contributed by atoms with Crippen molar-refractivity contribution in [2.45, 2.75) is 13.0 Å². The van der Waals surface area contributed by atoms with E-state index >= 15 is 0 Å². The summed E-state index contributed by atoms with van der Waals surface area (Å²) in [5, 5.41) is 19.5. The van der Waals surface area contributed by atoms with E-state index in [0.717, 1.165) is 21.6 Å². The van der Waals surface area contributed by atoms with Crippen LogP contribution in [-0.2, 0) is 0 Å². The monoisotopic (exact) mass is 471 g/mol. The summed E-state index contributed by atoms with van der Waals surface area (Å²) in [6.07, 6.45) is -0.960.